The van der Waals surface area contributed by atoms with Crippen LogP contribution >= 0.6 is 11.8 Å². The van der Waals surface area contributed by atoms with Crippen molar-refractivity contribution in [3.05, 3.63) is 54.6 Å². The molecular formula is C23H28N2O5S. The minimum atomic E-state index is -1.26. The van der Waals surface area contributed by atoms with Gasteiger partial charge in [0.2, 0.25) is 0 Å². The van der Waals surface area contributed by atoms with Gasteiger partial charge in [0.25, 0.3) is 0 Å². The van der Waals surface area contributed by atoms with Gasteiger partial charge >= 0.3 is 11.9 Å². The number of hydrogen-bond acceptors (Lipinski definition) is 6. The third-order valence-corrected chi connectivity index (χ3v) is 5.50. The first-order valence-electron chi connectivity index (χ1n) is 9.72. The largest absolute Gasteiger partial charge is 0.497 e. The summed E-state index contributed by atoms with van der Waals surface area (Å²) in [7, 11) is 5.99. The zero-order chi connectivity index (χ0) is 23.0. The smallest absolute Gasteiger partial charge is 0.328 e. The second-order valence-corrected chi connectivity index (χ2v) is 8.48. The predicted molar refractivity (Wildman–Crippen MR) is 123 cm³/mol. The highest BCUT2D eigenvalue weighted by atomic mass is 32.2. The van der Waals surface area contributed by atoms with Crippen LogP contribution in [0, 0.1) is 5.92 Å². The number of rotatable bonds is 7. The van der Waals surface area contributed by atoms with E-state index in [9.17, 15) is 9.59 Å². The minimum Gasteiger partial charge on any atom is -0.497 e. The van der Waals surface area contributed by atoms with Crippen molar-refractivity contribution in [1.82, 2.24) is 4.90 Å². The number of anilines is 2. The van der Waals surface area contributed by atoms with E-state index in [4.69, 9.17) is 14.9 Å². The lowest BCUT2D eigenvalue weighted by molar-refractivity contribution is -0.134. The maximum Gasteiger partial charge on any atom is 0.328 e. The molecule has 7 nitrogen and oxygen atoms in total. The van der Waals surface area contributed by atoms with Gasteiger partial charge in [-0.1, -0.05) is 30.8 Å². The number of benzene rings is 2. The van der Waals surface area contributed by atoms with Crippen molar-refractivity contribution in [2.75, 3.05) is 39.2 Å². The zero-order valence-corrected chi connectivity index (χ0v) is 18.9. The Morgan fingerprint density at radius 3 is 2.26 bits per heavy atom. The van der Waals surface area contributed by atoms with Crippen molar-refractivity contribution in [1.29, 1.82) is 0 Å². The van der Waals surface area contributed by atoms with Gasteiger partial charge in [-0.2, -0.15) is 0 Å². The molecule has 31 heavy (non-hydrogen) atoms. The quantitative estimate of drug-likeness (QED) is 0.614. The van der Waals surface area contributed by atoms with Crippen LogP contribution in [0.1, 0.15) is 6.92 Å². The molecule has 0 radical (unpaired) electrons. The van der Waals surface area contributed by atoms with Gasteiger partial charge in [0.15, 0.2) is 0 Å². The number of nitrogens with zero attached hydrogens (tertiary/aromatic N) is 2. The topological polar surface area (TPSA) is 90.3 Å². The molecule has 0 spiro atoms. The van der Waals surface area contributed by atoms with Gasteiger partial charge in [0, 0.05) is 41.1 Å². The molecule has 2 aromatic rings. The second kappa shape index (κ2) is 11.4. The number of ether oxygens (including phenoxy) is 1. The van der Waals surface area contributed by atoms with Crippen LogP contribution in [-0.2, 0) is 9.59 Å². The first-order valence-corrected chi connectivity index (χ1v) is 10.5. The molecule has 3 rings (SSSR count). The summed E-state index contributed by atoms with van der Waals surface area (Å²) in [5.74, 6) is -1.03. The summed E-state index contributed by atoms with van der Waals surface area (Å²) in [6.07, 6.45) is 1.12. The fourth-order valence-electron chi connectivity index (χ4n) is 3.27. The van der Waals surface area contributed by atoms with E-state index in [2.05, 4.69) is 67.2 Å². The molecule has 0 saturated carbocycles. The molecule has 8 heteroatoms. The van der Waals surface area contributed by atoms with Crippen molar-refractivity contribution in [2.24, 2.45) is 5.92 Å². The van der Waals surface area contributed by atoms with Gasteiger partial charge in [0.05, 0.1) is 18.5 Å². The monoisotopic (exact) mass is 444 g/mol. The Balaban J connectivity index is 0.000000366. The molecule has 0 fully saturated rings. The van der Waals surface area contributed by atoms with Gasteiger partial charge in [0.1, 0.15) is 5.75 Å². The van der Waals surface area contributed by atoms with E-state index < -0.39 is 11.9 Å². The number of fused-ring (bicyclic) bond motifs is 2. The fraction of sp³-hybridized carbons (Fsp3) is 0.304. The van der Waals surface area contributed by atoms with Crippen LogP contribution in [0.25, 0.3) is 0 Å². The molecule has 0 amide bonds. The van der Waals surface area contributed by atoms with Crippen LogP contribution in [-0.4, -0.2) is 61.3 Å². The average Bonchev–Trinajstić information content (AvgIpc) is 2.71. The van der Waals surface area contributed by atoms with E-state index >= 15 is 0 Å². The number of methoxy groups -OCH3 is 1. The number of aliphatic carboxylic acids is 2. The Morgan fingerprint density at radius 1 is 1.06 bits per heavy atom. The van der Waals surface area contributed by atoms with Gasteiger partial charge in [-0.05, 0) is 44.3 Å². The van der Waals surface area contributed by atoms with Crippen LogP contribution in [0.15, 0.2) is 64.4 Å². The highest BCUT2D eigenvalue weighted by molar-refractivity contribution is 7.99. The minimum absolute atomic E-state index is 0.558. The Morgan fingerprint density at radius 2 is 1.68 bits per heavy atom. The standard InChI is InChI=1S/C19H24N2OS.C4H4O4/c1-14(12-20(2)3)13-21-16-7-5-6-8-18(16)23-19-10-9-15(22-4)11-17(19)21;5-3(6)1-2-4(7)8/h5-11,14H,12-13H2,1-4H3;1-2H,(H,5,6)(H,7,8)/b;2-1-. The fourth-order valence-corrected chi connectivity index (χ4v) is 4.34. The summed E-state index contributed by atoms with van der Waals surface area (Å²) in [5.41, 5.74) is 2.54. The van der Waals surface area contributed by atoms with E-state index in [0.717, 1.165) is 18.8 Å². The maximum absolute atomic E-state index is 9.55. The first kappa shape index (κ1) is 24.3. The van der Waals surface area contributed by atoms with Gasteiger partial charge < -0.3 is 24.7 Å². The van der Waals surface area contributed by atoms with Crippen LogP contribution in [0.4, 0.5) is 11.4 Å². The summed E-state index contributed by atoms with van der Waals surface area (Å²) in [5, 5.41) is 15.6. The number of carboxylic acid groups (broad SMARTS) is 2. The van der Waals surface area contributed by atoms with Crippen LogP contribution in [0.3, 0.4) is 0 Å². The summed E-state index contributed by atoms with van der Waals surface area (Å²) >= 11 is 1.84. The predicted octanol–water partition coefficient (Wildman–Crippen LogP) is 4.21. The molecule has 2 aromatic carbocycles. The van der Waals surface area contributed by atoms with E-state index in [1.807, 2.05) is 17.8 Å². The molecule has 1 unspecified atom stereocenters. The average molecular weight is 445 g/mol. The van der Waals surface area contributed by atoms with E-state index in [1.165, 1.54) is 21.2 Å². The number of carboxylic acids is 2. The molecule has 1 aliphatic rings. The van der Waals surface area contributed by atoms with E-state index in [1.54, 1.807) is 7.11 Å². The molecule has 166 valence electrons. The zero-order valence-electron chi connectivity index (χ0n) is 18.1. The van der Waals surface area contributed by atoms with Crippen molar-refractivity contribution in [3.63, 3.8) is 0 Å². The Kier molecular flexibility index (Phi) is 8.96. The molecule has 0 bridgehead atoms. The SMILES string of the molecule is COc1ccc2c(c1)N(CC(C)CN(C)C)c1ccccc1S2.O=C(O)/C=C\C(=O)O. The summed E-state index contributed by atoms with van der Waals surface area (Å²) < 4.78 is 5.44. The maximum atomic E-state index is 9.55. The molecule has 0 aliphatic carbocycles. The number of para-hydroxylation sites is 1. The Bertz CT molecular complexity index is 929. The summed E-state index contributed by atoms with van der Waals surface area (Å²) in [4.78, 5) is 26.4. The Hall–Kier alpha value is -2.97. The molecule has 0 aromatic heterocycles. The van der Waals surface area contributed by atoms with Crippen molar-refractivity contribution >= 4 is 35.1 Å². The number of hydrogen-bond donors (Lipinski definition) is 2. The molecule has 1 atom stereocenters. The highest BCUT2D eigenvalue weighted by Crippen LogP contribution is 2.49. The van der Waals surface area contributed by atoms with E-state index in [0.29, 0.717) is 18.1 Å². The van der Waals surface area contributed by atoms with E-state index in [-0.39, 0.29) is 0 Å². The molecule has 2 N–H and O–H groups in total. The van der Waals surface area contributed by atoms with Crippen LogP contribution in [0.2, 0.25) is 0 Å². The Labute approximate surface area is 186 Å². The normalized spacial score (nSPS) is 13.1. The highest BCUT2D eigenvalue weighted by Gasteiger charge is 2.25. The molecule has 0 saturated heterocycles. The van der Waals surface area contributed by atoms with Gasteiger partial charge in [-0.25, -0.2) is 9.59 Å². The lowest BCUT2D eigenvalue weighted by atomic mass is 10.1. The van der Waals surface area contributed by atoms with Crippen LogP contribution in [0.5, 0.6) is 5.75 Å². The third-order valence-electron chi connectivity index (χ3n) is 4.37. The van der Waals surface area contributed by atoms with Crippen molar-refractivity contribution in [2.45, 2.75) is 16.7 Å². The lowest BCUT2D eigenvalue weighted by Crippen LogP contribution is -2.31. The van der Waals surface area contributed by atoms with Crippen molar-refractivity contribution < 1.29 is 24.5 Å². The summed E-state index contributed by atoms with van der Waals surface area (Å²) in [6.45, 7) is 4.38. The molecule has 1 aliphatic heterocycles. The number of carbonyl (C=O) groups is 2. The third kappa shape index (κ3) is 7.34. The van der Waals surface area contributed by atoms with Crippen LogP contribution < -0.4 is 9.64 Å². The lowest BCUT2D eigenvalue weighted by Gasteiger charge is -2.35. The van der Waals surface area contributed by atoms with Gasteiger partial charge in [-0.3, -0.25) is 0 Å². The second-order valence-electron chi connectivity index (χ2n) is 7.39. The first-order chi connectivity index (χ1) is 14.7. The van der Waals surface area contributed by atoms with Gasteiger partial charge in [-0.15, -0.1) is 0 Å². The summed E-state index contributed by atoms with van der Waals surface area (Å²) in [6, 6.07) is 15.0. The molecular weight excluding hydrogens is 416 g/mol. The van der Waals surface area contributed by atoms with Crippen molar-refractivity contribution in [3.8, 4) is 5.75 Å². The molecule has 1 heterocycles.